The number of halogens is 1. The number of benzene rings is 1. The third kappa shape index (κ3) is 7.75. The Labute approximate surface area is 202 Å². The van der Waals surface area contributed by atoms with Gasteiger partial charge < -0.3 is 13.9 Å². The monoisotopic (exact) mass is 470 g/mol. The smallest absolute Gasteiger partial charge is 0.346 e. The van der Waals surface area contributed by atoms with E-state index in [2.05, 4.69) is 25.7 Å². The van der Waals surface area contributed by atoms with Gasteiger partial charge in [-0.15, -0.1) is 0 Å². The lowest BCUT2D eigenvalue weighted by atomic mass is 9.80. The Morgan fingerprint density at radius 1 is 1.15 bits per heavy atom. The second-order valence-electron chi connectivity index (χ2n) is 9.35. The van der Waals surface area contributed by atoms with Crippen molar-refractivity contribution in [3.63, 3.8) is 0 Å². The number of fused-ring (bicyclic) bond motifs is 1. The summed E-state index contributed by atoms with van der Waals surface area (Å²) in [4.78, 5) is 12.6. The number of unbranched alkanes of at least 4 members (excludes halogenated alkanes) is 4. The number of ether oxygens (including phenoxy) is 2. The van der Waals surface area contributed by atoms with Gasteiger partial charge in [0.2, 0.25) is 0 Å². The van der Waals surface area contributed by atoms with Crippen LogP contribution in [0.25, 0.3) is 10.8 Å². The topological polar surface area (TPSA) is 48.7 Å². The third-order valence-electron chi connectivity index (χ3n) is 6.80. The Balaban J connectivity index is 1.51. The van der Waals surface area contributed by atoms with Gasteiger partial charge in [-0.1, -0.05) is 57.4 Å². The maximum atomic E-state index is 14.9. The molecule has 1 saturated carbocycles. The Morgan fingerprint density at radius 2 is 1.94 bits per heavy atom. The standard InChI is InChI=1S/C29H39FO4/c1-3-5-6-7-8-20-33-26-18-16-24-21-25(34-29(31)27(24)28(26)30)17-15-23-13-11-22(12-14-23)10-9-19-32-4-2/h4,9-10,16,18,21-23H,2-3,5-8,11-15,17,19-20H2,1H3/b10-9+. The van der Waals surface area contributed by atoms with Crippen molar-refractivity contribution >= 4 is 10.8 Å². The van der Waals surface area contributed by atoms with Crippen LogP contribution in [0.5, 0.6) is 5.75 Å². The average Bonchev–Trinajstić information content (AvgIpc) is 2.84. The molecular weight excluding hydrogens is 431 g/mol. The molecule has 5 heteroatoms. The Bertz CT molecular complexity index is 986. The van der Waals surface area contributed by atoms with Crippen LogP contribution >= 0.6 is 0 Å². The minimum atomic E-state index is -0.617. The quantitative estimate of drug-likeness (QED) is 0.161. The van der Waals surface area contributed by atoms with E-state index in [9.17, 15) is 9.18 Å². The molecular formula is C29H39FO4. The van der Waals surface area contributed by atoms with Gasteiger partial charge in [-0.05, 0) is 67.9 Å². The van der Waals surface area contributed by atoms with Gasteiger partial charge in [0, 0.05) is 6.42 Å². The molecule has 0 atom stereocenters. The van der Waals surface area contributed by atoms with Crippen LogP contribution in [0, 0.1) is 17.7 Å². The van der Waals surface area contributed by atoms with Crippen LogP contribution < -0.4 is 10.4 Å². The molecule has 0 aliphatic heterocycles. The molecule has 1 aliphatic rings. The first-order valence-corrected chi connectivity index (χ1v) is 12.9. The molecule has 1 aromatic carbocycles. The van der Waals surface area contributed by atoms with E-state index in [1.54, 1.807) is 12.1 Å². The van der Waals surface area contributed by atoms with E-state index >= 15 is 0 Å². The highest BCUT2D eigenvalue weighted by Gasteiger charge is 2.20. The fourth-order valence-electron chi connectivity index (χ4n) is 4.78. The molecule has 4 nitrogen and oxygen atoms in total. The van der Waals surface area contributed by atoms with E-state index in [1.807, 2.05) is 6.07 Å². The third-order valence-corrected chi connectivity index (χ3v) is 6.80. The highest BCUT2D eigenvalue weighted by Crippen LogP contribution is 2.33. The molecule has 0 unspecified atom stereocenters. The SMILES string of the molecule is C=COC/C=C/C1CCC(CCc2cc3ccc(OCCCCCCC)c(F)c3c(=O)o2)CC1. The van der Waals surface area contributed by atoms with E-state index in [-0.39, 0.29) is 11.1 Å². The van der Waals surface area contributed by atoms with Crippen molar-refractivity contribution in [2.75, 3.05) is 13.2 Å². The summed E-state index contributed by atoms with van der Waals surface area (Å²) in [5, 5.41) is 0.564. The summed E-state index contributed by atoms with van der Waals surface area (Å²) < 4.78 is 31.2. The summed E-state index contributed by atoms with van der Waals surface area (Å²) in [6.45, 7) is 6.75. The summed E-state index contributed by atoms with van der Waals surface area (Å²) in [5.41, 5.74) is -0.617. The van der Waals surface area contributed by atoms with E-state index < -0.39 is 11.4 Å². The molecule has 1 aliphatic carbocycles. The van der Waals surface area contributed by atoms with Crippen molar-refractivity contribution in [1.29, 1.82) is 0 Å². The van der Waals surface area contributed by atoms with Gasteiger partial charge in [0.25, 0.3) is 0 Å². The first-order chi connectivity index (χ1) is 16.6. The number of hydrogen-bond donors (Lipinski definition) is 0. The van der Waals surface area contributed by atoms with E-state index in [0.29, 0.717) is 42.6 Å². The summed E-state index contributed by atoms with van der Waals surface area (Å²) in [6.07, 6.45) is 17.6. The van der Waals surface area contributed by atoms with Crippen LogP contribution in [-0.2, 0) is 11.2 Å². The number of hydrogen-bond acceptors (Lipinski definition) is 4. The van der Waals surface area contributed by atoms with Crippen molar-refractivity contribution in [2.45, 2.75) is 77.6 Å². The lowest BCUT2D eigenvalue weighted by Gasteiger charge is -2.26. The molecule has 3 rings (SSSR count). The normalized spacial score (nSPS) is 18.4. The predicted molar refractivity (Wildman–Crippen MR) is 136 cm³/mol. The largest absolute Gasteiger partial charge is 0.498 e. The van der Waals surface area contributed by atoms with Crippen LogP contribution in [0.15, 0.2) is 52.4 Å². The zero-order valence-corrected chi connectivity index (χ0v) is 20.5. The molecule has 0 spiro atoms. The maximum absolute atomic E-state index is 14.9. The molecule has 0 radical (unpaired) electrons. The van der Waals surface area contributed by atoms with Crippen LogP contribution in [0.1, 0.15) is 76.9 Å². The van der Waals surface area contributed by atoms with Gasteiger partial charge in [0.15, 0.2) is 11.6 Å². The molecule has 1 fully saturated rings. The van der Waals surface area contributed by atoms with Crippen molar-refractivity contribution in [3.8, 4) is 5.75 Å². The highest BCUT2D eigenvalue weighted by atomic mass is 19.1. The maximum Gasteiger partial charge on any atom is 0.346 e. The van der Waals surface area contributed by atoms with Gasteiger partial charge in [-0.2, -0.15) is 0 Å². The molecule has 34 heavy (non-hydrogen) atoms. The van der Waals surface area contributed by atoms with E-state index in [0.717, 1.165) is 25.7 Å². The predicted octanol–water partition coefficient (Wildman–Crippen LogP) is 7.74. The molecule has 0 amide bonds. The second-order valence-corrected chi connectivity index (χ2v) is 9.35. The van der Waals surface area contributed by atoms with Crippen LogP contribution in [0.3, 0.4) is 0 Å². The highest BCUT2D eigenvalue weighted by molar-refractivity contribution is 5.83. The summed E-state index contributed by atoms with van der Waals surface area (Å²) in [5.74, 6) is 1.38. The second kappa shape index (κ2) is 14.0. The van der Waals surface area contributed by atoms with Crippen LogP contribution in [0.4, 0.5) is 4.39 Å². The number of aryl methyl sites for hydroxylation is 1. The van der Waals surface area contributed by atoms with Gasteiger partial charge in [-0.25, -0.2) is 9.18 Å². The Morgan fingerprint density at radius 3 is 2.71 bits per heavy atom. The first-order valence-electron chi connectivity index (χ1n) is 12.9. The van der Waals surface area contributed by atoms with Gasteiger partial charge in [0.1, 0.15) is 17.8 Å². The van der Waals surface area contributed by atoms with Crippen LogP contribution in [-0.4, -0.2) is 13.2 Å². The molecule has 186 valence electrons. The minimum absolute atomic E-state index is 0.0139. The average molecular weight is 471 g/mol. The van der Waals surface area contributed by atoms with Gasteiger partial charge >= 0.3 is 5.63 Å². The van der Waals surface area contributed by atoms with Crippen LogP contribution in [0.2, 0.25) is 0 Å². The Kier molecular flexibility index (Phi) is 10.7. The molecule has 0 bridgehead atoms. The summed E-state index contributed by atoms with van der Waals surface area (Å²) in [7, 11) is 0. The lowest BCUT2D eigenvalue weighted by molar-refractivity contribution is 0.280. The Hall–Kier alpha value is -2.56. The van der Waals surface area contributed by atoms with E-state index in [1.165, 1.54) is 44.8 Å². The van der Waals surface area contributed by atoms with Crippen molar-refractivity contribution in [1.82, 2.24) is 0 Å². The van der Waals surface area contributed by atoms with Crippen molar-refractivity contribution in [3.05, 3.63) is 65.2 Å². The number of allylic oxidation sites excluding steroid dienone is 1. The zero-order valence-electron chi connectivity index (χ0n) is 20.5. The molecule has 0 N–H and O–H groups in total. The minimum Gasteiger partial charge on any atom is -0.498 e. The fourth-order valence-corrected chi connectivity index (χ4v) is 4.78. The molecule has 0 saturated heterocycles. The zero-order chi connectivity index (χ0) is 24.2. The molecule has 1 heterocycles. The molecule has 2 aromatic rings. The van der Waals surface area contributed by atoms with Gasteiger partial charge in [0.05, 0.1) is 12.9 Å². The van der Waals surface area contributed by atoms with E-state index in [4.69, 9.17) is 13.9 Å². The summed E-state index contributed by atoms with van der Waals surface area (Å²) >= 11 is 0. The fraction of sp³-hybridized carbons (Fsp3) is 0.552. The molecule has 1 aromatic heterocycles. The van der Waals surface area contributed by atoms with Gasteiger partial charge in [-0.3, -0.25) is 0 Å². The first kappa shape index (κ1) is 26.1. The number of rotatable bonds is 14. The lowest BCUT2D eigenvalue weighted by Crippen LogP contribution is -2.14. The van der Waals surface area contributed by atoms with Crippen molar-refractivity contribution < 1.29 is 18.3 Å². The summed E-state index contributed by atoms with van der Waals surface area (Å²) in [6, 6.07) is 5.20. The van der Waals surface area contributed by atoms with Crippen molar-refractivity contribution in [2.24, 2.45) is 11.8 Å².